The molecule has 0 amide bonds. The number of benzene rings is 4. The number of hydrogen-bond donors (Lipinski definition) is 7. The van der Waals surface area contributed by atoms with Crippen molar-refractivity contribution in [1.29, 1.82) is 0 Å². The summed E-state index contributed by atoms with van der Waals surface area (Å²) < 4.78 is 19.3. The molecule has 11 heteroatoms. The van der Waals surface area contributed by atoms with Crippen LogP contribution in [0.4, 0.5) is 0 Å². The van der Waals surface area contributed by atoms with Crippen molar-refractivity contribution >= 4 is 38.4 Å². The first-order valence-corrected chi connectivity index (χ1v) is 19.8. The molecule has 5 aliphatic rings. The molecule has 11 nitrogen and oxygen atoms in total. The van der Waals surface area contributed by atoms with E-state index in [1.54, 1.807) is 12.1 Å². The molecule has 3 aliphatic carbocycles. The second kappa shape index (κ2) is 12.7. The van der Waals surface area contributed by atoms with Gasteiger partial charge >= 0.3 is 5.97 Å². The van der Waals surface area contributed by atoms with Crippen molar-refractivity contribution in [1.82, 2.24) is 4.98 Å². The molecule has 3 saturated carbocycles. The van der Waals surface area contributed by atoms with Crippen molar-refractivity contribution in [3.8, 4) is 11.5 Å². The van der Waals surface area contributed by atoms with Crippen LogP contribution in [-0.4, -0.2) is 83.5 Å². The van der Waals surface area contributed by atoms with E-state index in [0.29, 0.717) is 30.2 Å². The van der Waals surface area contributed by atoms with E-state index in [1.807, 2.05) is 54.6 Å². The number of aromatic amines is 1. The maximum atomic E-state index is 14.6. The second-order valence-electron chi connectivity index (χ2n) is 16.8. The van der Waals surface area contributed by atoms with Gasteiger partial charge in [0, 0.05) is 17.3 Å². The van der Waals surface area contributed by atoms with Crippen molar-refractivity contribution in [2.75, 3.05) is 0 Å². The summed E-state index contributed by atoms with van der Waals surface area (Å²) in [6.45, 7) is -0.463. The molecule has 4 aromatic carbocycles. The standard InChI is InChI=1S/C44H47NO10/c46-22-32-38(35-29-21-24-7-3-2-6-23(24)20-25(29)8-15-31(35)45-32)54-41(50)39-40-43(51)30(14-17-34(49)44(43,52)55-39)28-13-16-33(48)36(37(28)53-40)42(18-4-1-5-19-42)26-9-11-27(47)12-10-26/h2-3,6-12,15,20-21,28,30,33-34,36-37,39-40,45-49,51-52H,1,4-5,13-14,16-19,22H2. The Hall–Kier alpha value is -4.07. The molecule has 2 saturated heterocycles. The molecule has 5 aromatic rings. The van der Waals surface area contributed by atoms with Crippen LogP contribution in [0, 0.1) is 17.8 Å². The average molecular weight is 750 g/mol. The fourth-order valence-corrected chi connectivity index (χ4v) is 11.8. The van der Waals surface area contributed by atoms with Crippen LogP contribution >= 0.6 is 0 Å². The van der Waals surface area contributed by atoms with Crippen molar-refractivity contribution in [3.05, 3.63) is 84.1 Å². The van der Waals surface area contributed by atoms with Gasteiger partial charge in [0.2, 0.25) is 5.79 Å². The van der Waals surface area contributed by atoms with Gasteiger partial charge in [0.05, 0.1) is 35.4 Å². The van der Waals surface area contributed by atoms with E-state index in [2.05, 4.69) is 11.1 Å². The Labute approximate surface area is 317 Å². The highest BCUT2D eigenvalue weighted by atomic mass is 16.7. The Morgan fingerprint density at radius 3 is 2.36 bits per heavy atom. The maximum Gasteiger partial charge on any atom is 0.343 e. The van der Waals surface area contributed by atoms with Gasteiger partial charge in [-0.25, -0.2) is 4.79 Å². The normalized spacial score (nSPS) is 35.4. The zero-order chi connectivity index (χ0) is 37.9. The molecule has 10 rings (SSSR count). The fourth-order valence-electron chi connectivity index (χ4n) is 11.8. The van der Waals surface area contributed by atoms with E-state index in [0.717, 1.165) is 59.2 Å². The van der Waals surface area contributed by atoms with Crippen LogP contribution in [0.25, 0.3) is 32.4 Å². The summed E-state index contributed by atoms with van der Waals surface area (Å²) >= 11 is 0. The largest absolute Gasteiger partial charge is 0.508 e. The fraction of sp³-hybridized carbons (Fsp3) is 0.477. The Kier molecular flexibility index (Phi) is 8.18. The zero-order valence-corrected chi connectivity index (χ0v) is 30.4. The SMILES string of the molecule is O=C(Oc1c(CO)[nH]c2ccc3cc4ccccc4cc3c12)C1OC2(O)C(O)CCC3C4CCC(O)C(C5(c6ccc(O)cc6)CCCCC5)C4OC1C32O. The lowest BCUT2D eigenvalue weighted by molar-refractivity contribution is -0.363. The third kappa shape index (κ3) is 4.97. The number of fused-ring (bicyclic) bond motifs is 6. The molecule has 55 heavy (non-hydrogen) atoms. The van der Waals surface area contributed by atoms with E-state index < -0.39 is 71.7 Å². The zero-order valence-electron chi connectivity index (χ0n) is 30.4. The highest BCUT2D eigenvalue weighted by Gasteiger charge is 2.78. The van der Waals surface area contributed by atoms with Crippen molar-refractivity contribution < 1.29 is 49.6 Å². The number of aliphatic hydroxyl groups excluding tert-OH is 3. The minimum atomic E-state index is -2.52. The van der Waals surface area contributed by atoms with E-state index >= 15 is 0 Å². The number of hydrogen-bond acceptors (Lipinski definition) is 10. The van der Waals surface area contributed by atoms with Crippen molar-refractivity contribution in [2.45, 2.75) is 112 Å². The van der Waals surface area contributed by atoms with Gasteiger partial charge in [0.1, 0.15) is 18.0 Å². The number of carbonyl (C=O) groups excluding carboxylic acids is 1. The first kappa shape index (κ1) is 35.4. The Bertz CT molecular complexity index is 2300. The van der Waals surface area contributed by atoms with Gasteiger partial charge in [-0.15, -0.1) is 0 Å². The molecule has 0 bridgehead atoms. The molecule has 10 unspecified atom stereocenters. The van der Waals surface area contributed by atoms with E-state index in [1.165, 1.54) is 0 Å². The third-order valence-electron chi connectivity index (χ3n) is 14.3. The van der Waals surface area contributed by atoms with Gasteiger partial charge in [-0.2, -0.15) is 0 Å². The number of esters is 1. The summed E-state index contributed by atoms with van der Waals surface area (Å²) in [6, 6.07) is 23.0. The van der Waals surface area contributed by atoms with Crippen LogP contribution in [0.5, 0.6) is 11.5 Å². The number of aliphatic hydroxyl groups is 5. The Morgan fingerprint density at radius 1 is 0.873 bits per heavy atom. The summed E-state index contributed by atoms with van der Waals surface area (Å²) in [5.74, 6) is -4.56. The van der Waals surface area contributed by atoms with Gasteiger partial charge in [0.15, 0.2) is 17.5 Å². The Morgan fingerprint density at radius 2 is 1.62 bits per heavy atom. The highest BCUT2D eigenvalue weighted by Crippen LogP contribution is 2.63. The number of ether oxygens (including phenoxy) is 3. The molecular formula is C44H47NO10. The molecule has 2 aliphatic heterocycles. The van der Waals surface area contributed by atoms with Gasteiger partial charge < -0.3 is 49.8 Å². The van der Waals surface area contributed by atoms with Gasteiger partial charge in [-0.3, -0.25) is 0 Å². The van der Waals surface area contributed by atoms with Crippen LogP contribution in [0.3, 0.4) is 0 Å². The lowest BCUT2D eigenvalue weighted by atomic mass is 9.50. The van der Waals surface area contributed by atoms with E-state index in [-0.39, 0.29) is 29.5 Å². The predicted molar refractivity (Wildman–Crippen MR) is 202 cm³/mol. The summed E-state index contributed by atoms with van der Waals surface area (Å²) in [4.78, 5) is 17.8. The third-order valence-corrected chi connectivity index (χ3v) is 14.3. The van der Waals surface area contributed by atoms with Crippen LogP contribution < -0.4 is 4.74 Å². The predicted octanol–water partition coefficient (Wildman–Crippen LogP) is 5.22. The lowest BCUT2D eigenvalue weighted by Crippen LogP contribution is -2.75. The van der Waals surface area contributed by atoms with E-state index in [4.69, 9.17) is 14.2 Å². The van der Waals surface area contributed by atoms with Gasteiger partial charge in [0.25, 0.3) is 0 Å². The summed E-state index contributed by atoms with van der Waals surface area (Å²) in [7, 11) is 0. The molecular weight excluding hydrogens is 702 g/mol. The van der Waals surface area contributed by atoms with Crippen molar-refractivity contribution in [3.63, 3.8) is 0 Å². The summed E-state index contributed by atoms with van der Waals surface area (Å²) in [5.41, 5.74) is -0.750. The molecule has 10 atom stereocenters. The van der Waals surface area contributed by atoms with Gasteiger partial charge in [-0.05, 0) is 102 Å². The minimum absolute atomic E-state index is 0.103. The molecule has 3 heterocycles. The van der Waals surface area contributed by atoms with Gasteiger partial charge in [-0.1, -0.05) is 61.7 Å². The minimum Gasteiger partial charge on any atom is -0.508 e. The molecule has 0 spiro atoms. The summed E-state index contributed by atoms with van der Waals surface area (Å²) in [6.07, 6.45) is 0.0552. The van der Waals surface area contributed by atoms with Crippen LogP contribution in [0.15, 0.2) is 72.8 Å². The number of nitrogens with one attached hydrogen (secondary N) is 1. The number of rotatable bonds is 5. The average Bonchev–Trinajstić information content (AvgIpc) is 3.67. The number of phenols is 1. The number of carbonyl (C=O) groups is 1. The van der Waals surface area contributed by atoms with Crippen LogP contribution in [-0.2, 0) is 26.3 Å². The Balaban J connectivity index is 1.07. The molecule has 288 valence electrons. The number of aromatic nitrogens is 1. The molecule has 5 fully saturated rings. The smallest absolute Gasteiger partial charge is 0.343 e. The molecule has 1 aromatic heterocycles. The maximum absolute atomic E-state index is 14.6. The number of H-pyrrole nitrogens is 1. The van der Waals surface area contributed by atoms with Crippen LogP contribution in [0.2, 0.25) is 0 Å². The van der Waals surface area contributed by atoms with E-state index in [9.17, 15) is 35.4 Å². The monoisotopic (exact) mass is 749 g/mol. The quantitative estimate of drug-likeness (QED) is 0.0930. The van der Waals surface area contributed by atoms with Crippen LogP contribution in [0.1, 0.15) is 69.0 Å². The summed E-state index contributed by atoms with van der Waals surface area (Å²) in [5, 5.41) is 73.3. The topological polar surface area (TPSA) is 182 Å². The molecule has 7 N–H and O–H groups in total. The first-order valence-electron chi connectivity index (χ1n) is 19.8. The second-order valence-corrected chi connectivity index (χ2v) is 16.8. The molecule has 0 radical (unpaired) electrons. The van der Waals surface area contributed by atoms with Crippen molar-refractivity contribution in [2.24, 2.45) is 17.8 Å². The highest BCUT2D eigenvalue weighted by molar-refractivity contribution is 6.14. The number of aromatic hydroxyl groups is 1. The number of phenolic OH excluding ortho intramolecular Hbond substituents is 1. The lowest BCUT2D eigenvalue weighted by Gasteiger charge is -2.62. The first-order chi connectivity index (χ1) is 26.6.